The van der Waals surface area contributed by atoms with Gasteiger partial charge in [-0.25, -0.2) is 4.98 Å². The van der Waals surface area contributed by atoms with E-state index in [9.17, 15) is 0 Å². The highest BCUT2D eigenvalue weighted by Gasteiger charge is 1.98. The molecule has 1 aromatic heterocycles. The van der Waals surface area contributed by atoms with E-state index < -0.39 is 0 Å². The molecule has 1 heterocycles. The van der Waals surface area contributed by atoms with Gasteiger partial charge in [-0.15, -0.1) is 0 Å². The fraction of sp³-hybridized carbons (Fsp3) is 0.667. The summed E-state index contributed by atoms with van der Waals surface area (Å²) < 4.78 is 11.0. The molecular weight excluding hydrogens is 240 g/mol. The Hall–Kier alpha value is -1.13. The molecule has 0 fully saturated rings. The fourth-order valence-electron chi connectivity index (χ4n) is 1.60. The average Bonchev–Trinajstić information content (AvgIpc) is 2.43. The Morgan fingerprint density at radius 2 is 2.05 bits per heavy atom. The molecule has 0 unspecified atom stereocenters. The second kappa shape index (κ2) is 10.8. The summed E-state index contributed by atoms with van der Waals surface area (Å²) in [6.07, 6.45) is 5.20. The average molecular weight is 266 g/mol. The van der Waals surface area contributed by atoms with Crippen molar-refractivity contribution in [2.75, 3.05) is 26.4 Å². The van der Waals surface area contributed by atoms with Gasteiger partial charge in [-0.05, 0) is 31.0 Å². The van der Waals surface area contributed by atoms with Crippen molar-refractivity contribution in [2.24, 2.45) is 0 Å². The van der Waals surface area contributed by atoms with Crippen molar-refractivity contribution in [2.45, 2.75) is 39.7 Å². The highest BCUT2D eigenvalue weighted by molar-refractivity contribution is 5.20. The first-order valence-corrected chi connectivity index (χ1v) is 7.23. The van der Waals surface area contributed by atoms with Crippen LogP contribution in [0, 0.1) is 0 Å². The minimum absolute atomic E-state index is 0.558. The highest BCUT2D eigenvalue weighted by Crippen LogP contribution is 2.09. The summed E-state index contributed by atoms with van der Waals surface area (Å²) in [5.41, 5.74) is 1.20. The number of aromatic nitrogens is 1. The number of unbranched alkanes of at least 4 members (excludes halogenated alkanes) is 1. The first-order valence-electron chi connectivity index (χ1n) is 7.23. The summed E-state index contributed by atoms with van der Waals surface area (Å²) in [4.78, 5) is 4.20. The second-order valence-corrected chi connectivity index (χ2v) is 4.49. The van der Waals surface area contributed by atoms with Crippen LogP contribution < -0.4 is 10.1 Å². The van der Waals surface area contributed by atoms with E-state index in [-0.39, 0.29) is 0 Å². The molecule has 0 atom stereocenters. The van der Waals surface area contributed by atoms with Crippen molar-refractivity contribution in [1.82, 2.24) is 10.3 Å². The predicted molar refractivity (Wildman–Crippen MR) is 77.5 cm³/mol. The number of hydrogen-bond donors (Lipinski definition) is 1. The maximum atomic E-state index is 5.57. The number of pyridine rings is 1. The zero-order valence-electron chi connectivity index (χ0n) is 12.2. The lowest BCUT2D eigenvalue weighted by Gasteiger charge is -2.08. The van der Waals surface area contributed by atoms with Gasteiger partial charge in [0, 0.05) is 25.4 Å². The summed E-state index contributed by atoms with van der Waals surface area (Å²) >= 11 is 0. The van der Waals surface area contributed by atoms with Crippen LogP contribution in [0.25, 0.3) is 0 Å². The highest BCUT2D eigenvalue weighted by atomic mass is 16.5. The number of nitrogens with zero attached hydrogens (tertiary/aromatic N) is 1. The standard InChI is InChI=1S/C15H26N2O2/c1-3-5-9-18-10-11-19-15-12-14(6-8-17-15)13-16-7-4-2/h6,8,12,16H,3-5,7,9-11,13H2,1-2H3. The van der Waals surface area contributed by atoms with Crippen LogP contribution in [0.15, 0.2) is 18.3 Å². The lowest BCUT2D eigenvalue weighted by molar-refractivity contribution is 0.0965. The van der Waals surface area contributed by atoms with E-state index in [1.807, 2.05) is 12.1 Å². The second-order valence-electron chi connectivity index (χ2n) is 4.49. The SMILES string of the molecule is CCCCOCCOc1cc(CNCCC)ccn1. The van der Waals surface area contributed by atoms with Crippen LogP contribution in [0.5, 0.6) is 5.88 Å². The van der Waals surface area contributed by atoms with Gasteiger partial charge >= 0.3 is 0 Å². The Bertz CT molecular complexity index is 332. The normalized spacial score (nSPS) is 10.6. The van der Waals surface area contributed by atoms with Crippen LogP contribution in [-0.4, -0.2) is 31.3 Å². The molecule has 0 bridgehead atoms. The lowest BCUT2D eigenvalue weighted by atomic mass is 10.2. The Kier molecular flexibility index (Phi) is 9.02. The molecule has 0 aliphatic heterocycles. The molecule has 108 valence electrons. The molecule has 1 N–H and O–H groups in total. The maximum Gasteiger partial charge on any atom is 0.213 e. The molecule has 19 heavy (non-hydrogen) atoms. The third-order valence-electron chi connectivity index (χ3n) is 2.68. The topological polar surface area (TPSA) is 43.4 Å². The van der Waals surface area contributed by atoms with Gasteiger partial charge in [0.05, 0.1) is 6.61 Å². The summed E-state index contributed by atoms with van der Waals surface area (Å²) in [6, 6.07) is 3.99. The van der Waals surface area contributed by atoms with Gasteiger partial charge < -0.3 is 14.8 Å². The molecule has 0 amide bonds. The molecule has 0 aliphatic carbocycles. The molecule has 0 aromatic carbocycles. The van der Waals surface area contributed by atoms with E-state index in [2.05, 4.69) is 24.1 Å². The van der Waals surface area contributed by atoms with Crippen LogP contribution in [0.3, 0.4) is 0 Å². The molecule has 0 aliphatic rings. The van der Waals surface area contributed by atoms with Crippen LogP contribution >= 0.6 is 0 Å². The van der Waals surface area contributed by atoms with Crippen LogP contribution in [0.1, 0.15) is 38.7 Å². The van der Waals surface area contributed by atoms with Crippen molar-refractivity contribution in [3.05, 3.63) is 23.9 Å². The molecular formula is C15H26N2O2. The Morgan fingerprint density at radius 3 is 2.84 bits per heavy atom. The minimum Gasteiger partial charge on any atom is -0.475 e. The van der Waals surface area contributed by atoms with Crippen molar-refractivity contribution in [3.63, 3.8) is 0 Å². The summed E-state index contributed by atoms with van der Waals surface area (Å²) in [5.74, 6) is 0.676. The third-order valence-corrected chi connectivity index (χ3v) is 2.68. The van der Waals surface area contributed by atoms with Crippen LogP contribution in [-0.2, 0) is 11.3 Å². The number of ether oxygens (including phenoxy) is 2. The molecule has 0 saturated carbocycles. The van der Waals surface area contributed by atoms with Crippen molar-refractivity contribution >= 4 is 0 Å². The zero-order chi connectivity index (χ0) is 13.8. The molecule has 1 aromatic rings. The first kappa shape index (κ1) is 15.9. The fourth-order valence-corrected chi connectivity index (χ4v) is 1.60. The van der Waals surface area contributed by atoms with Crippen molar-refractivity contribution in [1.29, 1.82) is 0 Å². The number of nitrogens with one attached hydrogen (secondary N) is 1. The van der Waals surface area contributed by atoms with Gasteiger partial charge in [0.1, 0.15) is 6.61 Å². The monoisotopic (exact) mass is 266 g/mol. The minimum atomic E-state index is 0.558. The van der Waals surface area contributed by atoms with E-state index in [4.69, 9.17) is 9.47 Å². The molecule has 4 nitrogen and oxygen atoms in total. The summed E-state index contributed by atoms with van der Waals surface area (Å²) in [5, 5.41) is 3.36. The Labute approximate surface area is 116 Å². The van der Waals surface area contributed by atoms with E-state index in [1.165, 1.54) is 5.56 Å². The molecule has 4 heteroatoms. The summed E-state index contributed by atoms with van der Waals surface area (Å²) in [7, 11) is 0. The van der Waals surface area contributed by atoms with Crippen molar-refractivity contribution in [3.8, 4) is 5.88 Å². The van der Waals surface area contributed by atoms with Gasteiger partial charge in [0.2, 0.25) is 5.88 Å². The van der Waals surface area contributed by atoms with Gasteiger partial charge in [-0.2, -0.15) is 0 Å². The third kappa shape index (κ3) is 7.80. The predicted octanol–water partition coefficient (Wildman–Crippen LogP) is 2.78. The lowest BCUT2D eigenvalue weighted by Crippen LogP contribution is -2.14. The van der Waals surface area contributed by atoms with E-state index >= 15 is 0 Å². The van der Waals surface area contributed by atoms with Gasteiger partial charge in [-0.3, -0.25) is 0 Å². The Morgan fingerprint density at radius 1 is 1.16 bits per heavy atom. The van der Waals surface area contributed by atoms with E-state index in [0.717, 1.165) is 39.0 Å². The van der Waals surface area contributed by atoms with E-state index in [1.54, 1.807) is 6.20 Å². The van der Waals surface area contributed by atoms with Crippen molar-refractivity contribution < 1.29 is 9.47 Å². The summed E-state index contributed by atoms with van der Waals surface area (Å²) in [6.45, 7) is 8.20. The molecule has 0 spiro atoms. The maximum absolute atomic E-state index is 5.57. The van der Waals surface area contributed by atoms with Crippen LogP contribution in [0.4, 0.5) is 0 Å². The largest absolute Gasteiger partial charge is 0.475 e. The van der Waals surface area contributed by atoms with Gasteiger partial charge in [-0.1, -0.05) is 20.3 Å². The molecule has 1 rings (SSSR count). The quantitative estimate of drug-likeness (QED) is 0.625. The van der Waals surface area contributed by atoms with Crippen LogP contribution in [0.2, 0.25) is 0 Å². The zero-order valence-corrected chi connectivity index (χ0v) is 12.2. The smallest absolute Gasteiger partial charge is 0.213 e. The first-order chi connectivity index (χ1) is 9.36. The molecule has 0 saturated heterocycles. The van der Waals surface area contributed by atoms with Gasteiger partial charge in [0.25, 0.3) is 0 Å². The Balaban J connectivity index is 2.20. The molecule has 0 radical (unpaired) electrons. The van der Waals surface area contributed by atoms with Gasteiger partial charge in [0.15, 0.2) is 0 Å². The number of hydrogen-bond acceptors (Lipinski definition) is 4. The van der Waals surface area contributed by atoms with E-state index in [0.29, 0.717) is 19.1 Å². The number of rotatable bonds is 11.